The lowest BCUT2D eigenvalue weighted by atomic mass is 10.1. The summed E-state index contributed by atoms with van der Waals surface area (Å²) in [5.41, 5.74) is 1.49. The topological polar surface area (TPSA) is 69.8 Å². The second-order valence-corrected chi connectivity index (χ2v) is 4.13. The zero-order valence-corrected chi connectivity index (χ0v) is 10.8. The van der Waals surface area contributed by atoms with Gasteiger partial charge in [0.1, 0.15) is 5.69 Å². The molecule has 0 spiro atoms. The Morgan fingerprint density at radius 1 is 1.53 bits per heavy atom. The quantitative estimate of drug-likeness (QED) is 0.754. The van der Waals surface area contributed by atoms with Gasteiger partial charge in [0.05, 0.1) is 0 Å². The van der Waals surface area contributed by atoms with Crippen molar-refractivity contribution in [3.05, 3.63) is 17.5 Å². The third-order valence-electron chi connectivity index (χ3n) is 2.92. The number of rotatable bonds is 3. The van der Waals surface area contributed by atoms with Gasteiger partial charge >= 0.3 is 0 Å². The first-order valence-corrected chi connectivity index (χ1v) is 5.85. The number of aromatic nitrogens is 2. The van der Waals surface area contributed by atoms with E-state index in [1.54, 1.807) is 0 Å². The zero-order valence-electron chi connectivity index (χ0n) is 9.95. The molecule has 0 aromatic carbocycles. The Bertz CT molecular complexity index is 360. The van der Waals surface area contributed by atoms with Crippen LogP contribution in [-0.4, -0.2) is 35.2 Å². The van der Waals surface area contributed by atoms with Crippen LogP contribution in [0.15, 0.2) is 6.07 Å². The first-order valence-electron chi connectivity index (χ1n) is 5.85. The van der Waals surface area contributed by atoms with E-state index in [-0.39, 0.29) is 24.4 Å². The fourth-order valence-corrected chi connectivity index (χ4v) is 1.88. The summed E-state index contributed by atoms with van der Waals surface area (Å²) >= 11 is 0. The molecular formula is C11H19ClN4O. The summed E-state index contributed by atoms with van der Waals surface area (Å²) in [5, 5.41) is 13.1. The summed E-state index contributed by atoms with van der Waals surface area (Å²) in [7, 11) is 0. The van der Waals surface area contributed by atoms with Crippen LogP contribution in [0.25, 0.3) is 0 Å². The van der Waals surface area contributed by atoms with Gasteiger partial charge in [-0.25, -0.2) is 0 Å². The fourth-order valence-electron chi connectivity index (χ4n) is 1.88. The smallest absolute Gasteiger partial charge is 0.271 e. The molecule has 96 valence electrons. The van der Waals surface area contributed by atoms with Crippen molar-refractivity contribution in [3.8, 4) is 0 Å². The van der Waals surface area contributed by atoms with E-state index < -0.39 is 0 Å². The molecule has 1 saturated heterocycles. The average molecular weight is 259 g/mol. The lowest BCUT2D eigenvalue weighted by Gasteiger charge is -2.23. The van der Waals surface area contributed by atoms with Crippen LogP contribution in [0.2, 0.25) is 0 Å². The molecule has 3 N–H and O–H groups in total. The Balaban J connectivity index is 0.00000144. The highest BCUT2D eigenvalue weighted by molar-refractivity contribution is 5.92. The van der Waals surface area contributed by atoms with Gasteiger partial charge in [0, 0.05) is 11.7 Å². The van der Waals surface area contributed by atoms with Crippen molar-refractivity contribution < 1.29 is 4.79 Å². The fraction of sp³-hybridized carbons (Fsp3) is 0.636. The summed E-state index contributed by atoms with van der Waals surface area (Å²) in [6.07, 6.45) is 2.86. The molecule has 0 saturated carbocycles. The SMILES string of the molecule is CCc1cc(C(=O)NC2CCNCC2)n[nH]1.Cl. The van der Waals surface area contributed by atoms with Gasteiger partial charge in [-0.1, -0.05) is 6.92 Å². The Morgan fingerprint density at radius 3 is 2.82 bits per heavy atom. The molecule has 2 rings (SSSR count). The molecule has 1 aromatic heterocycles. The van der Waals surface area contributed by atoms with E-state index in [4.69, 9.17) is 0 Å². The van der Waals surface area contributed by atoms with Gasteiger partial charge in [0.2, 0.25) is 0 Å². The van der Waals surface area contributed by atoms with Crippen molar-refractivity contribution in [3.63, 3.8) is 0 Å². The van der Waals surface area contributed by atoms with E-state index in [0.29, 0.717) is 5.69 Å². The van der Waals surface area contributed by atoms with Crippen molar-refractivity contribution in [2.24, 2.45) is 0 Å². The molecular weight excluding hydrogens is 240 g/mol. The number of carbonyl (C=O) groups excluding carboxylic acids is 1. The van der Waals surface area contributed by atoms with E-state index in [2.05, 4.69) is 20.8 Å². The molecule has 2 heterocycles. The van der Waals surface area contributed by atoms with E-state index in [0.717, 1.165) is 38.0 Å². The third kappa shape index (κ3) is 3.71. The molecule has 0 bridgehead atoms. The number of halogens is 1. The molecule has 0 unspecified atom stereocenters. The van der Waals surface area contributed by atoms with Gasteiger partial charge in [-0.2, -0.15) is 5.10 Å². The number of nitrogens with zero attached hydrogens (tertiary/aromatic N) is 1. The Morgan fingerprint density at radius 2 is 2.24 bits per heavy atom. The number of carbonyl (C=O) groups is 1. The molecule has 1 fully saturated rings. The molecule has 6 heteroatoms. The van der Waals surface area contributed by atoms with Crippen molar-refractivity contribution in [1.82, 2.24) is 20.8 Å². The van der Waals surface area contributed by atoms with Gasteiger partial charge in [0.15, 0.2) is 0 Å². The number of hydrogen-bond acceptors (Lipinski definition) is 3. The molecule has 0 aliphatic carbocycles. The van der Waals surface area contributed by atoms with Crippen LogP contribution in [0, 0.1) is 0 Å². The molecule has 0 radical (unpaired) electrons. The number of aromatic amines is 1. The summed E-state index contributed by atoms with van der Waals surface area (Å²) in [5.74, 6) is -0.0668. The summed E-state index contributed by atoms with van der Waals surface area (Å²) < 4.78 is 0. The molecule has 1 aliphatic rings. The predicted molar refractivity (Wildman–Crippen MR) is 68.6 cm³/mol. The van der Waals surface area contributed by atoms with Gasteiger partial charge in [-0.3, -0.25) is 9.89 Å². The van der Waals surface area contributed by atoms with Crippen molar-refractivity contribution in [2.45, 2.75) is 32.2 Å². The van der Waals surface area contributed by atoms with Crippen LogP contribution in [0.4, 0.5) is 0 Å². The van der Waals surface area contributed by atoms with Gasteiger partial charge in [-0.05, 0) is 38.4 Å². The van der Waals surface area contributed by atoms with Crippen LogP contribution in [0.5, 0.6) is 0 Å². The standard InChI is InChI=1S/C11H18N4O.ClH/c1-2-8-7-10(15-14-8)11(16)13-9-3-5-12-6-4-9;/h7,9,12H,2-6H2,1H3,(H,13,16)(H,14,15);1H. The van der Waals surface area contributed by atoms with Crippen LogP contribution < -0.4 is 10.6 Å². The highest BCUT2D eigenvalue weighted by Crippen LogP contribution is 2.05. The normalized spacial score (nSPS) is 16.3. The van der Waals surface area contributed by atoms with Crippen LogP contribution in [-0.2, 0) is 6.42 Å². The number of amides is 1. The monoisotopic (exact) mass is 258 g/mol. The number of H-pyrrole nitrogens is 1. The molecule has 0 atom stereocenters. The maximum absolute atomic E-state index is 11.8. The van der Waals surface area contributed by atoms with Crippen LogP contribution >= 0.6 is 12.4 Å². The van der Waals surface area contributed by atoms with Crippen LogP contribution in [0.3, 0.4) is 0 Å². The zero-order chi connectivity index (χ0) is 11.4. The van der Waals surface area contributed by atoms with E-state index in [1.165, 1.54) is 0 Å². The lowest BCUT2D eigenvalue weighted by Crippen LogP contribution is -2.42. The molecule has 1 amide bonds. The highest BCUT2D eigenvalue weighted by Gasteiger charge is 2.17. The number of hydrogen-bond donors (Lipinski definition) is 3. The Hall–Kier alpha value is -1.07. The Kier molecular flexibility index (Phi) is 5.44. The van der Waals surface area contributed by atoms with E-state index in [9.17, 15) is 4.79 Å². The number of nitrogens with one attached hydrogen (secondary N) is 3. The second-order valence-electron chi connectivity index (χ2n) is 4.13. The van der Waals surface area contributed by atoms with Crippen molar-refractivity contribution >= 4 is 18.3 Å². The van der Waals surface area contributed by atoms with Crippen LogP contribution in [0.1, 0.15) is 35.9 Å². The minimum absolute atomic E-state index is 0. The molecule has 5 nitrogen and oxygen atoms in total. The van der Waals surface area contributed by atoms with Gasteiger partial charge < -0.3 is 10.6 Å². The van der Waals surface area contributed by atoms with Gasteiger partial charge in [-0.15, -0.1) is 12.4 Å². The number of aryl methyl sites for hydroxylation is 1. The van der Waals surface area contributed by atoms with Crippen molar-refractivity contribution in [1.29, 1.82) is 0 Å². The maximum atomic E-state index is 11.8. The highest BCUT2D eigenvalue weighted by atomic mass is 35.5. The largest absolute Gasteiger partial charge is 0.348 e. The minimum atomic E-state index is -0.0668. The van der Waals surface area contributed by atoms with Gasteiger partial charge in [0.25, 0.3) is 5.91 Å². The summed E-state index contributed by atoms with van der Waals surface area (Å²) in [6, 6.07) is 2.10. The molecule has 17 heavy (non-hydrogen) atoms. The molecule has 1 aromatic rings. The third-order valence-corrected chi connectivity index (χ3v) is 2.92. The summed E-state index contributed by atoms with van der Waals surface area (Å²) in [4.78, 5) is 11.8. The molecule has 1 aliphatic heterocycles. The average Bonchev–Trinajstić information content (AvgIpc) is 2.79. The first kappa shape index (κ1) is 14.0. The van der Waals surface area contributed by atoms with E-state index in [1.807, 2.05) is 13.0 Å². The number of piperidine rings is 1. The van der Waals surface area contributed by atoms with Crippen molar-refractivity contribution in [2.75, 3.05) is 13.1 Å². The predicted octanol–water partition coefficient (Wildman–Crippen LogP) is 0.876. The first-order chi connectivity index (χ1) is 7.79. The second kappa shape index (κ2) is 6.61. The summed E-state index contributed by atoms with van der Waals surface area (Å²) in [6.45, 7) is 3.99. The van der Waals surface area contributed by atoms with E-state index >= 15 is 0 Å². The lowest BCUT2D eigenvalue weighted by molar-refractivity contribution is 0.0924. The maximum Gasteiger partial charge on any atom is 0.271 e. The minimum Gasteiger partial charge on any atom is -0.348 e. The Labute approximate surface area is 107 Å².